The van der Waals surface area contributed by atoms with Crippen molar-refractivity contribution in [3.05, 3.63) is 94.7 Å². The molecule has 2 N–H and O–H groups in total. The standard InChI is InChI=1S/C27H23N5/c1-17-4-3-5-27(32(17)2)25-15-24-14-22-9-8-20(29-22)12-18-6-7-19(28-18)13-21-10-11-23(30-21)16-26(25)31-24/h3-16,27-28,31H,1-2H3. The maximum atomic E-state index is 4.81. The average Bonchev–Trinajstić information content (AvgIpc) is 3.55. The number of nitrogens with one attached hydrogen (secondary N) is 2. The average molecular weight is 418 g/mol. The maximum Gasteiger partial charge on any atom is 0.0744 e. The van der Waals surface area contributed by atoms with Crippen LogP contribution >= 0.6 is 0 Å². The summed E-state index contributed by atoms with van der Waals surface area (Å²) < 4.78 is 0. The summed E-state index contributed by atoms with van der Waals surface area (Å²) >= 11 is 0. The van der Waals surface area contributed by atoms with Crippen LogP contribution in [0.4, 0.5) is 0 Å². The number of hydrogen-bond donors (Lipinski definition) is 2. The van der Waals surface area contributed by atoms with E-state index in [1.807, 2.05) is 18.2 Å². The molecule has 0 saturated carbocycles. The van der Waals surface area contributed by atoms with Crippen molar-refractivity contribution < 1.29 is 0 Å². The molecule has 5 nitrogen and oxygen atoms in total. The first-order chi connectivity index (χ1) is 15.6. The third-order valence-corrected chi connectivity index (χ3v) is 6.12. The molecule has 6 heterocycles. The van der Waals surface area contributed by atoms with E-state index in [4.69, 9.17) is 9.97 Å². The van der Waals surface area contributed by atoms with E-state index >= 15 is 0 Å². The number of aromatic amines is 2. The van der Waals surface area contributed by atoms with Crippen LogP contribution in [0.3, 0.4) is 0 Å². The maximum absolute atomic E-state index is 4.81. The molecule has 0 fully saturated rings. The highest BCUT2D eigenvalue weighted by Gasteiger charge is 2.19. The molecule has 0 aliphatic carbocycles. The van der Waals surface area contributed by atoms with Crippen LogP contribution < -0.4 is 0 Å². The first-order valence-corrected chi connectivity index (χ1v) is 10.8. The SMILES string of the molecule is CC1=CC=CC(c2cc3cc4nc(cc5ccc(cc6nc(cc2[nH]3)C=C6)[nH]5)C=C4)N1C. The number of rotatable bonds is 1. The van der Waals surface area contributed by atoms with Crippen LogP contribution in [0, 0.1) is 0 Å². The molecule has 0 aromatic carbocycles. The first kappa shape index (κ1) is 18.6. The normalized spacial score (nSPS) is 17.1. The van der Waals surface area contributed by atoms with Gasteiger partial charge in [0.2, 0.25) is 0 Å². The largest absolute Gasteiger partial charge is 0.367 e. The minimum atomic E-state index is 0.154. The molecule has 1 unspecified atom stereocenters. The molecule has 6 rings (SSSR count). The van der Waals surface area contributed by atoms with Crippen LogP contribution in [0.25, 0.3) is 46.4 Å². The molecule has 3 aromatic heterocycles. The Balaban J connectivity index is 1.63. The Bertz CT molecular complexity index is 1510. The second kappa shape index (κ2) is 7.24. The Kier molecular flexibility index (Phi) is 4.21. The molecular formula is C27H23N5. The predicted molar refractivity (Wildman–Crippen MR) is 132 cm³/mol. The van der Waals surface area contributed by atoms with Crippen LogP contribution in [-0.4, -0.2) is 31.9 Å². The molecule has 0 spiro atoms. The molecule has 32 heavy (non-hydrogen) atoms. The fourth-order valence-electron chi connectivity index (χ4n) is 4.36. The fraction of sp³-hybridized carbons (Fsp3) is 0.111. The lowest BCUT2D eigenvalue weighted by molar-refractivity contribution is 0.358. The van der Waals surface area contributed by atoms with Gasteiger partial charge in [0.25, 0.3) is 0 Å². The fourth-order valence-corrected chi connectivity index (χ4v) is 4.36. The number of aromatic nitrogens is 4. The van der Waals surface area contributed by atoms with Gasteiger partial charge in [-0.25, -0.2) is 9.97 Å². The molecule has 0 saturated heterocycles. The summed E-state index contributed by atoms with van der Waals surface area (Å²) in [7, 11) is 2.13. The summed E-state index contributed by atoms with van der Waals surface area (Å²) in [6, 6.07) is 14.8. The van der Waals surface area contributed by atoms with E-state index in [0.29, 0.717) is 0 Å². The summed E-state index contributed by atoms with van der Waals surface area (Å²) in [5.41, 5.74) is 10.3. The highest BCUT2D eigenvalue weighted by molar-refractivity contribution is 5.78. The van der Waals surface area contributed by atoms with Crippen LogP contribution in [0.15, 0.2) is 66.4 Å². The van der Waals surface area contributed by atoms with Crippen molar-refractivity contribution in [1.82, 2.24) is 24.8 Å². The van der Waals surface area contributed by atoms with Crippen molar-refractivity contribution >= 4 is 46.4 Å². The van der Waals surface area contributed by atoms with Crippen LogP contribution in [0.1, 0.15) is 41.3 Å². The molecule has 0 amide bonds. The van der Waals surface area contributed by atoms with Gasteiger partial charge in [0.1, 0.15) is 0 Å². The van der Waals surface area contributed by atoms with Crippen LogP contribution in [0.2, 0.25) is 0 Å². The summed E-state index contributed by atoms with van der Waals surface area (Å²) in [5.74, 6) is 0. The van der Waals surface area contributed by atoms with Gasteiger partial charge in [0.15, 0.2) is 0 Å². The smallest absolute Gasteiger partial charge is 0.0744 e. The number of allylic oxidation sites excluding steroid dienone is 3. The van der Waals surface area contributed by atoms with Crippen molar-refractivity contribution in [3.8, 4) is 0 Å². The second-order valence-electron chi connectivity index (χ2n) is 8.38. The topological polar surface area (TPSA) is 60.6 Å². The number of fused-ring (bicyclic) bond motifs is 8. The Hall–Kier alpha value is -4.12. The number of likely N-dealkylation sites (N-methyl/N-ethyl adjacent to an activating group) is 1. The lowest BCUT2D eigenvalue weighted by Gasteiger charge is -2.30. The summed E-state index contributed by atoms with van der Waals surface area (Å²) in [4.78, 5) is 18.9. The molecule has 5 heteroatoms. The highest BCUT2D eigenvalue weighted by atomic mass is 15.1. The Morgan fingerprint density at radius 2 is 1.34 bits per heavy atom. The van der Waals surface area contributed by atoms with Gasteiger partial charge >= 0.3 is 0 Å². The molecule has 156 valence electrons. The van der Waals surface area contributed by atoms with E-state index in [1.165, 1.54) is 11.3 Å². The monoisotopic (exact) mass is 417 g/mol. The van der Waals surface area contributed by atoms with Crippen molar-refractivity contribution in [2.45, 2.75) is 13.0 Å². The Labute approximate surface area is 186 Å². The van der Waals surface area contributed by atoms with Gasteiger partial charge in [-0.3, -0.25) is 0 Å². The molecule has 0 radical (unpaired) electrons. The van der Waals surface area contributed by atoms with E-state index in [9.17, 15) is 0 Å². The molecule has 3 aromatic rings. The minimum absolute atomic E-state index is 0.154. The number of hydrogen-bond acceptors (Lipinski definition) is 3. The Morgan fingerprint density at radius 3 is 2.00 bits per heavy atom. The molecule has 3 aliphatic heterocycles. The van der Waals surface area contributed by atoms with E-state index in [2.05, 4.69) is 95.6 Å². The van der Waals surface area contributed by atoms with Gasteiger partial charge in [-0.15, -0.1) is 0 Å². The summed E-state index contributed by atoms with van der Waals surface area (Å²) in [5, 5.41) is 0. The number of H-pyrrole nitrogens is 2. The second-order valence-corrected chi connectivity index (χ2v) is 8.38. The zero-order valence-corrected chi connectivity index (χ0v) is 18.0. The van der Waals surface area contributed by atoms with Gasteiger partial charge in [-0.2, -0.15) is 0 Å². The molecular weight excluding hydrogens is 394 g/mol. The van der Waals surface area contributed by atoms with E-state index in [1.54, 1.807) is 0 Å². The van der Waals surface area contributed by atoms with Crippen molar-refractivity contribution in [3.63, 3.8) is 0 Å². The van der Waals surface area contributed by atoms with Gasteiger partial charge in [-0.1, -0.05) is 12.2 Å². The third kappa shape index (κ3) is 3.38. The van der Waals surface area contributed by atoms with E-state index in [-0.39, 0.29) is 6.04 Å². The quantitative estimate of drug-likeness (QED) is 0.346. The van der Waals surface area contributed by atoms with Crippen LogP contribution in [-0.2, 0) is 0 Å². The zero-order valence-electron chi connectivity index (χ0n) is 18.0. The molecule has 8 bridgehead atoms. The molecule has 3 aliphatic rings. The van der Waals surface area contributed by atoms with Gasteiger partial charge < -0.3 is 14.9 Å². The van der Waals surface area contributed by atoms with Crippen molar-refractivity contribution in [2.24, 2.45) is 0 Å². The van der Waals surface area contributed by atoms with Gasteiger partial charge in [-0.05, 0) is 79.8 Å². The summed E-state index contributed by atoms with van der Waals surface area (Å²) in [6.07, 6.45) is 14.7. The molecule has 1 atom stereocenters. The van der Waals surface area contributed by atoms with E-state index < -0.39 is 0 Å². The Morgan fingerprint density at radius 1 is 0.750 bits per heavy atom. The zero-order chi connectivity index (χ0) is 21.7. The lowest BCUT2D eigenvalue weighted by Crippen LogP contribution is -2.22. The summed E-state index contributed by atoms with van der Waals surface area (Å²) in [6.45, 7) is 2.14. The highest BCUT2D eigenvalue weighted by Crippen LogP contribution is 2.32. The van der Waals surface area contributed by atoms with Crippen LogP contribution in [0.5, 0.6) is 0 Å². The number of nitrogens with zero attached hydrogens (tertiary/aromatic N) is 3. The van der Waals surface area contributed by atoms with E-state index in [0.717, 1.165) is 44.8 Å². The first-order valence-electron chi connectivity index (χ1n) is 10.8. The van der Waals surface area contributed by atoms with Crippen molar-refractivity contribution in [2.75, 3.05) is 7.05 Å². The minimum Gasteiger partial charge on any atom is -0.367 e. The third-order valence-electron chi connectivity index (χ3n) is 6.12. The van der Waals surface area contributed by atoms with Gasteiger partial charge in [0.05, 0.1) is 28.8 Å². The predicted octanol–water partition coefficient (Wildman–Crippen LogP) is 6.10. The van der Waals surface area contributed by atoms with Gasteiger partial charge in [0, 0.05) is 40.4 Å². The van der Waals surface area contributed by atoms with Crippen molar-refractivity contribution in [1.29, 1.82) is 0 Å². The lowest BCUT2D eigenvalue weighted by atomic mass is 10.0.